The van der Waals surface area contributed by atoms with Crippen molar-refractivity contribution in [3.05, 3.63) is 29.8 Å². The van der Waals surface area contributed by atoms with Gasteiger partial charge < -0.3 is 5.32 Å². The van der Waals surface area contributed by atoms with E-state index in [9.17, 15) is 13.2 Å². The lowest BCUT2D eigenvalue weighted by molar-refractivity contribution is -0.129. The highest BCUT2D eigenvalue weighted by Gasteiger charge is 2.49. The quantitative estimate of drug-likeness (QED) is 0.448. The summed E-state index contributed by atoms with van der Waals surface area (Å²) in [5.74, 6) is 2.58. The molecule has 4 bridgehead atoms. The van der Waals surface area contributed by atoms with Crippen LogP contribution in [-0.2, 0) is 19.2 Å². The van der Waals surface area contributed by atoms with E-state index < -0.39 is 15.6 Å². The number of nitrogens with one attached hydrogen (secondary N) is 2. The van der Waals surface area contributed by atoms with Crippen LogP contribution < -0.4 is 10.0 Å². The first-order valence-corrected chi connectivity index (χ1v) is 13.2. The topological polar surface area (TPSA) is 75.3 Å². The predicted molar refractivity (Wildman–Crippen MR) is 118 cm³/mol. The number of carbonyl (C=O) groups excluding carboxylic acids is 1. The minimum Gasteiger partial charge on any atom is -0.351 e. The van der Waals surface area contributed by atoms with Crippen molar-refractivity contribution in [3.8, 4) is 0 Å². The Labute approximate surface area is 181 Å². The molecule has 1 amide bonds. The molecular formula is C21H29IN2O3S. The van der Waals surface area contributed by atoms with Crippen LogP contribution in [0.4, 0.5) is 0 Å². The van der Waals surface area contributed by atoms with Crippen molar-refractivity contribution in [1.82, 2.24) is 10.0 Å². The maximum absolute atomic E-state index is 13.0. The van der Waals surface area contributed by atoms with Crippen LogP contribution in [-0.4, -0.2) is 25.9 Å². The largest absolute Gasteiger partial charge is 0.351 e. The Hall–Kier alpha value is -0.670. The fourth-order valence-corrected chi connectivity index (χ4v) is 7.58. The molecule has 5 nitrogen and oxygen atoms in total. The summed E-state index contributed by atoms with van der Waals surface area (Å²) in [6.45, 7) is 3.30. The normalized spacial score (nSPS) is 31.8. The number of hydrogen-bond acceptors (Lipinski definition) is 3. The molecule has 1 aromatic rings. The molecule has 0 spiro atoms. The molecule has 0 atom stereocenters. The zero-order valence-electron chi connectivity index (χ0n) is 16.4. The predicted octanol–water partition coefficient (Wildman–Crippen LogP) is 3.62. The second-order valence-corrected chi connectivity index (χ2v) is 11.9. The number of alkyl halides is 1. The van der Waals surface area contributed by atoms with E-state index in [2.05, 4.69) is 32.6 Å². The third-order valence-corrected chi connectivity index (χ3v) is 9.42. The second kappa shape index (κ2) is 7.54. The van der Waals surface area contributed by atoms with E-state index in [-0.39, 0.29) is 16.8 Å². The average molecular weight is 516 g/mol. The van der Waals surface area contributed by atoms with Crippen LogP contribution in [0.1, 0.15) is 51.5 Å². The van der Waals surface area contributed by atoms with Gasteiger partial charge in [-0.05, 0) is 87.3 Å². The van der Waals surface area contributed by atoms with E-state index in [0.717, 1.165) is 21.8 Å². The highest BCUT2D eigenvalue weighted by atomic mass is 127. The van der Waals surface area contributed by atoms with Crippen molar-refractivity contribution < 1.29 is 13.2 Å². The molecule has 4 saturated carbocycles. The highest BCUT2D eigenvalue weighted by Crippen LogP contribution is 2.53. The van der Waals surface area contributed by atoms with E-state index in [1.807, 2.05) is 12.1 Å². The lowest BCUT2D eigenvalue weighted by Crippen LogP contribution is -2.62. The zero-order chi connectivity index (χ0) is 20.1. The molecule has 4 aliphatic carbocycles. The Kier molecular flexibility index (Phi) is 5.55. The summed E-state index contributed by atoms with van der Waals surface area (Å²) in [7, 11) is -3.76. The number of sulfonamides is 1. The smallest absolute Gasteiger partial charge is 0.241 e. The van der Waals surface area contributed by atoms with Crippen LogP contribution in [0.2, 0.25) is 0 Å². The number of amides is 1. The fourth-order valence-electron chi connectivity index (χ4n) is 5.69. The van der Waals surface area contributed by atoms with Crippen LogP contribution >= 0.6 is 22.6 Å². The summed E-state index contributed by atoms with van der Waals surface area (Å²) in [6, 6.07) is 7.02. The maximum atomic E-state index is 13.0. The van der Waals surface area contributed by atoms with Crippen LogP contribution in [0.25, 0.3) is 0 Å². The molecule has 5 rings (SSSR count). The van der Waals surface area contributed by atoms with Crippen LogP contribution in [0.5, 0.6) is 0 Å². The van der Waals surface area contributed by atoms with Gasteiger partial charge >= 0.3 is 0 Å². The van der Waals surface area contributed by atoms with Crippen LogP contribution in [0, 0.1) is 23.7 Å². The molecule has 0 aliphatic heterocycles. The molecule has 2 N–H and O–H groups in total. The molecule has 0 heterocycles. The van der Waals surface area contributed by atoms with Gasteiger partial charge in [0.05, 0.1) is 4.90 Å². The Balaban J connectivity index is 1.44. The van der Waals surface area contributed by atoms with Gasteiger partial charge in [0, 0.05) is 10.5 Å². The van der Waals surface area contributed by atoms with Crippen molar-refractivity contribution in [2.75, 3.05) is 0 Å². The second-order valence-electron chi connectivity index (χ2n) is 9.44. The van der Waals surface area contributed by atoms with Crippen molar-refractivity contribution in [3.63, 3.8) is 0 Å². The number of rotatable bonds is 6. The van der Waals surface area contributed by atoms with Gasteiger partial charge in [-0.25, -0.2) is 8.42 Å². The zero-order valence-corrected chi connectivity index (χ0v) is 19.4. The highest BCUT2D eigenvalue weighted by molar-refractivity contribution is 14.1. The molecular weight excluding hydrogens is 487 g/mol. The third kappa shape index (κ3) is 3.99. The van der Waals surface area contributed by atoms with Gasteiger partial charge in [0.2, 0.25) is 15.9 Å². The summed E-state index contributed by atoms with van der Waals surface area (Å²) in [5, 5.41) is 3.23. The minimum atomic E-state index is -3.76. The molecule has 4 aliphatic rings. The first-order valence-electron chi connectivity index (χ1n) is 10.2. The van der Waals surface area contributed by atoms with E-state index in [4.69, 9.17) is 0 Å². The van der Waals surface area contributed by atoms with E-state index >= 15 is 0 Å². The number of carbonyl (C=O) groups is 1. The monoisotopic (exact) mass is 516 g/mol. The van der Waals surface area contributed by atoms with Gasteiger partial charge in [-0.15, -0.1) is 0 Å². The maximum Gasteiger partial charge on any atom is 0.241 e. The van der Waals surface area contributed by atoms with E-state index in [1.54, 1.807) is 26.0 Å². The molecule has 0 aromatic heterocycles. The first-order chi connectivity index (χ1) is 13.2. The molecule has 0 unspecified atom stereocenters. The van der Waals surface area contributed by atoms with E-state index in [1.165, 1.54) is 32.1 Å². The van der Waals surface area contributed by atoms with Crippen molar-refractivity contribution in [2.45, 2.75) is 66.9 Å². The Morgan fingerprint density at radius 2 is 1.57 bits per heavy atom. The summed E-state index contributed by atoms with van der Waals surface area (Å²) >= 11 is 2.24. The molecule has 4 fully saturated rings. The van der Waals surface area contributed by atoms with Gasteiger partial charge in [-0.2, -0.15) is 4.72 Å². The van der Waals surface area contributed by atoms with Gasteiger partial charge in [0.1, 0.15) is 5.54 Å². The SMILES string of the molecule is CC(C)(NS(=O)(=O)c1ccc(CI)cc1)C(=O)NC1C2CC3CC(C2)CC1C3. The summed E-state index contributed by atoms with van der Waals surface area (Å²) in [4.78, 5) is 13.2. The molecule has 0 saturated heterocycles. The first kappa shape index (κ1) is 20.6. The van der Waals surface area contributed by atoms with Crippen LogP contribution in [0.3, 0.4) is 0 Å². The van der Waals surface area contributed by atoms with Crippen molar-refractivity contribution in [2.24, 2.45) is 23.7 Å². The number of benzene rings is 1. The number of hydrogen-bond donors (Lipinski definition) is 2. The lowest BCUT2D eigenvalue weighted by atomic mass is 9.54. The van der Waals surface area contributed by atoms with Gasteiger partial charge in [0.15, 0.2) is 0 Å². The average Bonchev–Trinajstić information content (AvgIpc) is 2.63. The molecule has 0 radical (unpaired) electrons. The Morgan fingerprint density at radius 1 is 1.04 bits per heavy atom. The fraction of sp³-hybridized carbons (Fsp3) is 0.667. The van der Waals surface area contributed by atoms with Crippen LogP contribution in [0.15, 0.2) is 29.2 Å². The number of halogens is 1. The Morgan fingerprint density at radius 3 is 2.07 bits per heavy atom. The summed E-state index contributed by atoms with van der Waals surface area (Å²) in [5.41, 5.74) is -0.131. The molecule has 7 heteroatoms. The Bertz CT molecular complexity index is 823. The standard InChI is InChI=1S/C21H29IN2O3S/c1-21(2,24-28(26,27)18-5-3-13(12-22)4-6-18)20(25)23-19-16-8-14-7-15(10-16)11-17(19)9-14/h3-6,14-17,19,24H,7-12H2,1-2H3,(H,23,25). The summed E-state index contributed by atoms with van der Waals surface area (Å²) in [6.07, 6.45) is 6.23. The van der Waals surface area contributed by atoms with Crippen molar-refractivity contribution >= 4 is 38.5 Å². The lowest BCUT2D eigenvalue weighted by Gasteiger charge is -2.54. The molecule has 154 valence electrons. The van der Waals surface area contributed by atoms with E-state index in [0.29, 0.717) is 11.8 Å². The summed E-state index contributed by atoms with van der Waals surface area (Å²) < 4.78 is 29.0. The molecule has 28 heavy (non-hydrogen) atoms. The molecule has 1 aromatic carbocycles. The minimum absolute atomic E-state index is 0.191. The van der Waals surface area contributed by atoms with Gasteiger partial charge in [-0.3, -0.25) is 4.79 Å². The third-order valence-electron chi connectivity index (χ3n) is 6.87. The van der Waals surface area contributed by atoms with Crippen molar-refractivity contribution in [1.29, 1.82) is 0 Å². The van der Waals surface area contributed by atoms with Gasteiger partial charge in [0.25, 0.3) is 0 Å². The van der Waals surface area contributed by atoms with Gasteiger partial charge in [-0.1, -0.05) is 34.7 Å².